The number of hydrogen-bond donors (Lipinski definition) is 1. The second kappa shape index (κ2) is 9.35. The van der Waals surface area contributed by atoms with Crippen molar-refractivity contribution in [3.8, 4) is 0 Å². The molecule has 0 radical (unpaired) electrons. The fourth-order valence-corrected chi connectivity index (χ4v) is 2.25. The zero-order valence-corrected chi connectivity index (χ0v) is 13.6. The van der Waals surface area contributed by atoms with E-state index in [-0.39, 0.29) is 6.61 Å². The Morgan fingerprint density at radius 3 is 2.12 bits per heavy atom. The van der Waals surface area contributed by atoms with E-state index in [0.717, 1.165) is 11.1 Å². The minimum Gasteiger partial charge on any atom is -0.467 e. The smallest absolute Gasteiger partial charge is 0.408 e. The van der Waals surface area contributed by atoms with E-state index in [1.54, 1.807) is 0 Å². The molecule has 0 aromatic heterocycles. The highest BCUT2D eigenvalue weighted by atomic mass is 16.6. The van der Waals surface area contributed by atoms with Gasteiger partial charge in [-0.05, 0) is 24.0 Å². The van der Waals surface area contributed by atoms with Gasteiger partial charge in [0.05, 0.1) is 7.11 Å². The second-order valence-electron chi connectivity index (χ2n) is 5.31. The van der Waals surface area contributed by atoms with Crippen LogP contribution >= 0.6 is 0 Å². The summed E-state index contributed by atoms with van der Waals surface area (Å²) in [6.07, 6.45) is 0.457. The Bertz CT molecular complexity index is 643. The van der Waals surface area contributed by atoms with E-state index in [1.165, 1.54) is 7.11 Å². The number of esters is 1. The molecular formula is C19H21NO4. The summed E-state index contributed by atoms with van der Waals surface area (Å²) in [5, 5.41) is 2.57. The van der Waals surface area contributed by atoms with Crippen LogP contribution in [0.3, 0.4) is 0 Å². The minimum absolute atomic E-state index is 0.152. The third-order valence-electron chi connectivity index (χ3n) is 3.56. The SMILES string of the molecule is COC(=O)C(CCc1ccccc1)NC(=O)OCc1ccccc1. The van der Waals surface area contributed by atoms with E-state index in [2.05, 4.69) is 5.32 Å². The van der Waals surface area contributed by atoms with E-state index < -0.39 is 18.1 Å². The van der Waals surface area contributed by atoms with Crippen LogP contribution in [0, 0.1) is 0 Å². The number of carbonyl (C=O) groups is 2. The Morgan fingerprint density at radius 2 is 1.54 bits per heavy atom. The van der Waals surface area contributed by atoms with Gasteiger partial charge in [-0.2, -0.15) is 0 Å². The molecule has 1 amide bonds. The number of ether oxygens (including phenoxy) is 2. The molecule has 0 saturated carbocycles. The van der Waals surface area contributed by atoms with Gasteiger partial charge in [-0.25, -0.2) is 9.59 Å². The monoisotopic (exact) mass is 327 g/mol. The van der Waals surface area contributed by atoms with Crippen LogP contribution < -0.4 is 5.32 Å². The molecule has 0 aliphatic carbocycles. The fourth-order valence-electron chi connectivity index (χ4n) is 2.25. The summed E-state index contributed by atoms with van der Waals surface area (Å²) in [6, 6.07) is 18.4. The molecule has 1 unspecified atom stereocenters. The highest BCUT2D eigenvalue weighted by Gasteiger charge is 2.22. The van der Waals surface area contributed by atoms with Crippen molar-refractivity contribution in [2.24, 2.45) is 0 Å². The van der Waals surface area contributed by atoms with Crippen LogP contribution in [0.1, 0.15) is 17.5 Å². The average molecular weight is 327 g/mol. The normalized spacial score (nSPS) is 11.4. The first-order valence-corrected chi connectivity index (χ1v) is 7.78. The van der Waals surface area contributed by atoms with Crippen LogP contribution in [-0.4, -0.2) is 25.2 Å². The summed E-state index contributed by atoms with van der Waals surface area (Å²) in [4.78, 5) is 23.8. The van der Waals surface area contributed by atoms with E-state index in [9.17, 15) is 9.59 Å². The second-order valence-corrected chi connectivity index (χ2v) is 5.31. The van der Waals surface area contributed by atoms with E-state index in [0.29, 0.717) is 12.8 Å². The van der Waals surface area contributed by atoms with Gasteiger partial charge in [-0.15, -0.1) is 0 Å². The number of benzene rings is 2. The summed E-state index contributed by atoms with van der Waals surface area (Å²) >= 11 is 0. The summed E-state index contributed by atoms with van der Waals surface area (Å²) in [5.41, 5.74) is 1.97. The van der Waals surface area contributed by atoms with Crippen molar-refractivity contribution >= 4 is 12.1 Å². The average Bonchev–Trinajstić information content (AvgIpc) is 2.64. The lowest BCUT2D eigenvalue weighted by Gasteiger charge is -2.16. The van der Waals surface area contributed by atoms with Crippen molar-refractivity contribution < 1.29 is 19.1 Å². The van der Waals surface area contributed by atoms with E-state index >= 15 is 0 Å². The Kier molecular flexibility index (Phi) is 6.83. The van der Waals surface area contributed by atoms with Gasteiger partial charge >= 0.3 is 12.1 Å². The zero-order chi connectivity index (χ0) is 17.2. The van der Waals surface area contributed by atoms with Gasteiger partial charge < -0.3 is 14.8 Å². The molecule has 5 heteroatoms. The number of amides is 1. The molecule has 0 saturated heterocycles. The molecule has 0 aliphatic heterocycles. The Balaban J connectivity index is 1.85. The van der Waals surface area contributed by atoms with Crippen molar-refractivity contribution in [3.63, 3.8) is 0 Å². The van der Waals surface area contributed by atoms with Gasteiger partial charge in [-0.1, -0.05) is 60.7 Å². The molecular weight excluding hydrogens is 306 g/mol. The van der Waals surface area contributed by atoms with Crippen LogP contribution in [0.4, 0.5) is 4.79 Å². The van der Waals surface area contributed by atoms with Crippen LogP contribution in [0.2, 0.25) is 0 Å². The lowest BCUT2D eigenvalue weighted by Crippen LogP contribution is -2.42. The van der Waals surface area contributed by atoms with Gasteiger partial charge in [0.2, 0.25) is 0 Å². The molecule has 0 fully saturated rings. The Morgan fingerprint density at radius 1 is 0.958 bits per heavy atom. The van der Waals surface area contributed by atoms with Crippen molar-refractivity contribution in [1.82, 2.24) is 5.32 Å². The summed E-state index contributed by atoms with van der Waals surface area (Å²) in [6.45, 7) is 0.152. The first kappa shape index (κ1) is 17.5. The molecule has 0 bridgehead atoms. The molecule has 2 aromatic carbocycles. The molecule has 0 aliphatic rings. The topological polar surface area (TPSA) is 64.6 Å². The van der Waals surface area contributed by atoms with Crippen molar-refractivity contribution in [2.75, 3.05) is 7.11 Å². The Hall–Kier alpha value is -2.82. The number of alkyl carbamates (subject to hydrolysis) is 1. The lowest BCUT2D eigenvalue weighted by molar-refractivity contribution is -0.143. The number of hydrogen-bond acceptors (Lipinski definition) is 4. The quantitative estimate of drug-likeness (QED) is 0.794. The molecule has 2 rings (SSSR count). The molecule has 24 heavy (non-hydrogen) atoms. The molecule has 1 N–H and O–H groups in total. The third kappa shape index (κ3) is 5.76. The maximum Gasteiger partial charge on any atom is 0.408 e. The predicted octanol–water partition coefficient (Wildman–Crippen LogP) is 3.09. The number of methoxy groups -OCH3 is 1. The maximum absolute atomic E-state index is 11.9. The standard InChI is InChI=1S/C19H21NO4/c1-23-18(21)17(13-12-15-8-4-2-5-9-15)20-19(22)24-14-16-10-6-3-7-11-16/h2-11,17H,12-14H2,1H3,(H,20,22). The summed E-state index contributed by atoms with van der Waals surface area (Å²) in [5.74, 6) is -0.484. The molecule has 126 valence electrons. The first-order chi connectivity index (χ1) is 11.7. The number of carbonyl (C=O) groups excluding carboxylic acids is 2. The van der Waals surface area contributed by atoms with Gasteiger partial charge in [0.1, 0.15) is 12.6 Å². The highest BCUT2D eigenvalue weighted by Crippen LogP contribution is 2.07. The van der Waals surface area contributed by atoms with Crippen LogP contribution in [0.5, 0.6) is 0 Å². The predicted molar refractivity (Wildman–Crippen MR) is 90.3 cm³/mol. The van der Waals surface area contributed by atoms with E-state index in [1.807, 2.05) is 60.7 Å². The largest absolute Gasteiger partial charge is 0.467 e. The van der Waals surface area contributed by atoms with Crippen LogP contribution in [0.15, 0.2) is 60.7 Å². The van der Waals surface area contributed by atoms with Crippen molar-refractivity contribution in [3.05, 3.63) is 71.8 Å². The van der Waals surface area contributed by atoms with Crippen molar-refractivity contribution in [2.45, 2.75) is 25.5 Å². The fraction of sp³-hybridized carbons (Fsp3) is 0.263. The number of nitrogens with one attached hydrogen (secondary N) is 1. The minimum atomic E-state index is -0.738. The summed E-state index contributed by atoms with van der Waals surface area (Å²) < 4.78 is 9.90. The summed E-state index contributed by atoms with van der Waals surface area (Å²) in [7, 11) is 1.30. The van der Waals surface area contributed by atoms with Crippen LogP contribution in [-0.2, 0) is 27.3 Å². The van der Waals surface area contributed by atoms with Crippen LogP contribution in [0.25, 0.3) is 0 Å². The van der Waals surface area contributed by atoms with Gasteiger partial charge in [0.25, 0.3) is 0 Å². The number of rotatable bonds is 7. The molecule has 0 heterocycles. The number of aryl methyl sites for hydroxylation is 1. The maximum atomic E-state index is 11.9. The molecule has 2 aromatic rings. The van der Waals surface area contributed by atoms with Gasteiger partial charge in [-0.3, -0.25) is 0 Å². The zero-order valence-electron chi connectivity index (χ0n) is 13.6. The lowest BCUT2D eigenvalue weighted by atomic mass is 10.1. The third-order valence-corrected chi connectivity index (χ3v) is 3.56. The van der Waals surface area contributed by atoms with E-state index in [4.69, 9.17) is 9.47 Å². The first-order valence-electron chi connectivity index (χ1n) is 7.78. The molecule has 0 spiro atoms. The van der Waals surface area contributed by atoms with Gasteiger partial charge in [0, 0.05) is 0 Å². The highest BCUT2D eigenvalue weighted by molar-refractivity contribution is 5.81. The van der Waals surface area contributed by atoms with Crippen molar-refractivity contribution in [1.29, 1.82) is 0 Å². The molecule has 5 nitrogen and oxygen atoms in total. The Labute approximate surface area is 141 Å². The van der Waals surface area contributed by atoms with Gasteiger partial charge in [0.15, 0.2) is 0 Å². The molecule has 1 atom stereocenters.